The lowest BCUT2D eigenvalue weighted by atomic mass is 10.3. The highest BCUT2D eigenvalue weighted by Crippen LogP contribution is 2.28. The number of hydrogen-bond donors (Lipinski definition) is 1. The first-order valence-electron chi connectivity index (χ1n) is 5.49. The molecule has 0 atom stereocenters. The van der Waals surface area contributed by atoms with Gasteiger partial charge in [-0.25, -0.2) is 8.42 Å². The van der Waals surface area contributed by atoms with Crippen LogP contribution in [0.1, 0.15) is 11.8 Å². The van der Waals surface area contributed by atoms with E-state index in [4.69, 9.17) is 23.2 Å². The van der Waals surface area contributed by atoms with Gasteiger partial charge in [-0.3, -0.25) is 4.72 Å². The van der Waals surface area contributed by atoms with E-state index in [0.29, 0.717) is 15.7 Å². The van der Waals surface area contributed by atoms with Crippen LogP contribution in [0.25, 0.3) is 0 Å². The molecule has 1 heterocycles. The third-order valence-electron chi connectivity index (χ3n) is 2.42. The molecule has 0 aliphatic heterocycles. The van der Waals surface area contributed by atoms with Crippen LogP contribution < -0.4 is 4.72 Å². The lowest BCUT2D eigenvalue weighted by Crippen LogP contribution is -2.11. The fourth-order valence-corrected chi connectivity index (χ4v) is 4.10. The van der Waals surface area contributed by atoms with E-state index >= 15 is 0 Å². The van der Waals surface area contributed by atoms with E-state index in [1.165, 1.54) is 17.4 Å². The van der Waals surface area contributed by atoms with Crippen molar-refractivity contribution in [3.8, 4) is 0 Å². The number of aryl methyl sites for hydroxylation is 1. The van der Waals surface area contributed by atoms with Gasteiger partial charge >= 0.3 is 0 Å². The van der Waals surface area contributed by atoms with Gasteiger partial charge < -0.3 is 0 Å². The zero-order chi connectivity index (χ0) is 14.0. The van der Waals surface area contributed by atoms with Crippen LogP contribution >= 0.6 is 34.5 Å². The minimum atomic E-state index is -3.57. The van der Waals surface area contributed by atoms with E-state index < -0.39 is 10.0 Å². The molecule has 2 rings (SSSR count). The molecule has 7 heteroatoms. The van der Waals surface area contributed by atoms with Crippen molar-refractivity contribution in [2.45, 2.75) is 17.6 Å². The summed E-state index contributed by atoms with van der Waals surface area (Å²) in [6.07, 6.45) is 0.812. The van der Waals surface area contributed by atoms with Gasteiger partial charge in [0.15, 0.2) is 0 Å². The molecule has 3 nitrogen and oxygen atoms in total. The molecule has 0 fully saturated rings. The maximum absolute atomic E-state index is 12.2. The Kier molecular flexibility index (Phi) is 4.40. The van der Waals surface area contributed by atoms with Crippen LogP contribution in [0.2, 0.25) is 10.0 Å². The van der Waals surface area contributed by atoms with Crippen LogP contribution in [0.4, 0.5) is 5.69 Å². The van der Waals surface area contributed by atoms with E-state index in [0.717, 1.165) is 11.3 Å². The van der Waals surface area contributed by atoms with Crippen LogP contribution in [-0.2, 0) is 16.4 Å². The van der Waals surface area contributed by atoms with Gasteiger partial charge in [0.1, 0.15) is 4.21 Å². The second-order valence-electron chi connectivity index (χ2n) is 3.81. The molecular formula is C12H11Cl2NO2S2. The standard InChI is InChI=1S/C12H11Cl2NO2S2/c1-2-9-4-6-12(18-9)19(16,17)15-8-3-5-10(13)11(14)7-8/h3-7,15H,2H2,1H3. The number of thiophene rings is 1. The monoisotopic (exact) mass is 335 g/mol. The van der Waals surface area contributed by atoms with Crippen molar-refractivity contribution in [3.05, 3.63) is 45.3 Å². The normalized spacial score (nSPS) is 11.5. The molecule has 0 radical (unpaired) electrons. The number of benzene rings is 1. The lowest BCUT2D eigenvalue weighted by Gasteiger charge is -2.07. The van der Waals surface area contributed by atoms with Crippen molar-refractivity contribution in [2.24, 2.45) is 0 Å². The summed E-state index contributed by atoms with van der Waals surface area (Å²) in [6, 6.07) is 8.01. The van der Waals surface area contributed by atoms with Crippen LogP contribution in [-0.4, -0.2) is 8.42 Å². The number of rotatable bonds is 4. The van der Waals surface area contributed by atoms with E-state index in [-0.39, 0.29) is 4.21 Å². The van der Waals surface area contributed by atoms with E-state index in [1.807, 2.05) is 13.0 Å². The molecule has 1 N–H and O–H groups in total. The largest absolute Gasteiger partial charge is 0.279 e. The summed E-state index contributed by atoms with van der Waals surface area (Å²) in [5.41, 5.74) is 0.390. The summed E-state index contributed by atoms with van der Waals surface area (Å²) < 4.78 is 27.1. The Morgan fingerprint density at radius 1 is 1.16 bits per heavy atom. The number of anilines is 1. The minimum absolute atomic E-state index is 0.287. The molecule has 2 aromatic rings. The summed E-state index contributed by atoms with van der Waals surface area (Å²) in [4.78, 5) is 1.02. The number of halogens is 2. The van der Waals surface area contributed by atoms with Crippen molar-refractivity contribution < 1.29 is 8.42 Å². The molecule has 1 aromatic carbocycles. The second kappa shape index (κ2) is 5.71. The predicted molar refractivity (Wildman–Crippen MR) is 81.0 cm³/mol. The molecule has 19 heavy (non-hydrogen) atoms. The zero-order valence-electron chi connectivity index (χ0n) is 9.98. The third kappa shape index (κ3) is 3.42. The lowest BCUT2D eigenvalue weighted by molar-refractivity contribution is 0.603. The summed E-state index contributed by atoms with van der Waals surface area (Å²) in [5, 5.41) is 0.691. The maximum Gasteiger partial charge on any atom is 0.271 e. The summed E-state index contributed by atoms with van der Waals surface area (Å²) in [6.45, 7) is 1.98. The third-order valence-corrected chi connectivity index (χ3v) is 6.26. The first-order chi connectivity index (χ1) is 8.92. The number of sulfonamides is 1. The molecule has 0 bridgehead atoms. The van der Waals surface area contributed by atoms with Gasteiger partial charge in [-0.1, -0.05) is 30.1 Å². The SMILES string of the molecule is CCc1ccc(S(=O)(=O)Nc2ccc(Cl)c(Cl)c2)s1. The van der Waals surface area contributed by atoms with Gasteiger partial charge in [0.05, 0.1) is 15.7 Å². The molecule has 0 unspecified atom stereocenters. The molecule has 102 valence electrons. The maximum atomic E-state index is 12.2. The molecule has 0 aliphatic carbocycles. The fraction of sp³-hybridized carbons (Fsp3) is 0.167. The Bertz CT molecular complexity index is 696. The Hall–Kier alpha value is -0.750. The average molecular weight is 336 g/mol. The molecule has 0 aliphatic rings. The molecule has 1 aromatic heterocycles. The first kappa shape index (κ1) is 14.7. The molecular weight excluding hydrogens is 325 g/mol. The van der Waals surface area contributed by atoms with Crippen molar-refractivity contribution in [1.29, 1.82) is 0 Å². The van der Waals surface area contributed by atoms with E-state index in [9.17, 15) is 8.42 Å². The molecule has 0 saturated carbocycles. The minimum Gasteiger partial charge on any atom is -0.279 e. The van der Waals surface area contributed by atoms with Crippen LogP contribution in [0.5, 0.6) is 0 Å². The highest BCUT2D eigenvalue weighted by Gasteiger charge is 2.17. The highest BCUT2D eigenvalue weighted by molar-refractivity contribution is 7.94. The summed E-state index contributed by atoms with van der Waals surface area (Å²) in [7, 11) is -3.57. The van der Waals surface area contributed by atoms with E-state index in [2.05, 4.69) is 4.72 Å². The highest BCUT2D eigenvalue weighted by atomic mass is 35.5. The van der Waals surface area contributed by atoms with Crippen LogP contribution in [0, 0.1) is 0 Å². The zero-order valence-corrected chi connectivity index (χ0v) is 13.1. The topological polar surface area (TPSA) is 46.2 Å². The van der Waals surface area contributed by atoms with Crippen LogP contribution in [0.3, 0.4) is 0 Å². The first-order valence-corrected chi connectivity index (χ1v) is 8.54. The van der Waals surface area contributed by atoms with Gasteiger partial charge in [-0.05, 0) is 36.8 Å². The quantitative estimate of drug-likeness (QED) is 0.898. The van der Waals surface area contributed by atoms with Gasteiger partial charge in [0, 0.05) is 4.88 Å². The van der Waals surface area contributed by atoms with Gasteiger partial charge in [0.2, 0.25) is 0 Å². The Morgan fingerprint density at radius 2 is 1.89 bits per heavy atom. The molecule has 0 spiro atoms. The number of hydrogen-bond acceptors (Lipinski definition) is 3. The smallest absolute Gasteiger partial charge is 0.271 e. The second-order valence-corrected chi connectivity index (χ2v) is 7.70. The van der Waals surface area contributed by atoms with Crippen molar-refractivity contribution in [1.82, 2.24) is 0 Å². The van der Waals surface area contributed by atoms with Crippen molar-refractivity contribution in [2.75, 3.05) is 4.72 Å². The molecule has 0 saturated heterocycles. The fourth-order valence-electron chi connectivity index (χ4n) is 1.46. The van der Waals surface area contributed by atoms with Crippen LogP contribution in [0.15, 0.2) is 34.5 Å². The van der Waals surface area contributed by atoms with Gasteiger partial charge in [-0.2, -0.15) is 0 Å². The van der Waals surface area contributed by atoms with Crippen molar-refractivity contribution in [3.63, 3.8) is 0 Å². The summed E-state index contributed by atoms with van der Waals surface area (Å²) >= 11 is 12.9. The summed E-state index contributed by atoms with van der Waals surface area (Å²) in [5.74, 6) is 0. The van der Waals surface area contributed by atoms with E-state index in [1.54, 1.807) is 18.2 Å². The van der Waals surface area contributed by atoms with Gasteiger partial charge in [-0.15, -0.1) is 11.3 Å². The Morgan fingerprint density at radius 3 is 2.47 bits per heavy atom. The Labute approximate surface area is 126 Å². The number of nitrogens with one attached hydrogen (secondary N) is 1. The Balaban J connectivity index is 2.28. The molecule has 0 amide bonds. The average Bonchev–Trinajstić information content (AvgIpc) is 2.83. The van der Waals surface area contributed by atoms with Gasteiger partial charge in [0.25, 0.3) is 10.0 Å². The predicted octanol–water partition coefficient (Wildman–Crippen LogP) is 4.42. The van der Waals surface area contributed by atoms with Crippen molar-refractivity contribution >= 4 is 50.2 Å².